The van der Waals surface area contributed by atoms with Crippen LogP contribution < -0.4 is 5.32 Å². The van der Waals surface area contributed by atoms with Gasteiger partial charge >= 0.3 is 0 Å². The quantitative estimate of drug-likeness (QED) is 0.386. The van der Waals surface area contributed by atoms with E-state index in [-0.39, 0.29) is 0 Å². The third-order valence-electron chi connectivity index (χ3n) is 4.93. The SMILES string of the molecule is C=C(NCCC)C(C)C(C(/C=C\C)=C(C)C)C(CC)CCCC. The van der Waals surface area contributed by atoms with Crippen molar-refractivity contribution < 1.29 is 0 Å². The van der Waals surface area contributed by atoms with Gasteiger partial charge in [-0.15, -0.1) is 0 Å². The van der Waals surface area contributed by atoms with Gasteiger partial charge in [-0.25, -0.2) is 0 Å². The lowest BCUT2D eigenvalue weighted by Gasteiger charge is -2.35. The first-order valence-corrected chi connectivity index (χ1v) is 9.67. The first-order chi connectivity index (χ1) is 10.9. The van der Waals surface area contributed by atoms with Gasteiger partial charge in [0.25, 0.3) is 0 Å². The van der Waals surface area contributed by atoms with Crippen LogP contribution in [0.1, 0.15) is 80.6 Å². The Morgan fingerprint density at radius 1 is 1.13 bits per heavy atom. The fraction of sp³-hybridized carbons (Fsp3) is 0.727. The van der Waals surface area contributed by atoms with E-state index in [9.17, 15) is 0 Å². The zero-order valence-corrected chi connectivity index (χ0v) is 16.8. The Kier molecular flexibility index (Phi) is 11.9. The molecule has 3 atom stereocenters. The van der Waals surface area contributed by atoms with Gasteiger partial charge in [-0.3, -0.25) is 0 Å². The van der Waals surface area contributed by atoms with Crippen LogP contribution >= 0.6 is 0 Å². The molecule has 0 fully saturated rings. The van der Waals surface area contributed by atoms with Crippen molar-refractivity contribution in [1.29, 1.82) is 0 Å². The molecule has 3 unspecified atom stereocenters. The van der Waals surface area contributed by atoms with Crippen LogP contribution in [-0.2, 0) is 0 Å². The summed E-state index contributed by atoms with van der Waals surface area (Å²) >= 11 is 0. The molecule has 0 radical (unpaired) electrons. The van der Waals surface area contributed by atoms with E-state index >= 15 is 0 Å². The summed E-state index contributed by atoms with van der Waals surface area (Å²) in [5.41, 5.74) is 4.16. The number of hydrogen-bond acceptors (Lipinski definition) is 1. The predicted molar refractivity (Wildman–Crippen MR) is 107 cm³/mol. The Balaban J connectivity index is 5.58. The minimum absolute atomic E-state index is 0.462. The van der Waals surface area contributed by atoms with Crippen LogP contribution in [-0.4, -0.2) is 6.54 Å². The lowest BCUT2D eigenvalue weighted by atomic mass is 9.72. The fourth-order valence-corrected chi connectivity index (χ4v) is 3.49. The molecule has 1 N–H and O–H groups in total. The summed E-state index contributed by atoms with van der Waals surface area (Å²) in [6, 6.07) is 0. The van der Waals surface area contributed by atoms with Gasteiger partial charge in [-0.2, -0.15) is 0 Å². The Labute approximate surface area is 146 Å². The van der Waals surface area contributed by atoms with Crippen molar-refractivity contribution in [2.24, 2.45) is 17.8 Å². The zero-order valence-electron chi connectivity index (χ0n) is 16.8. The summed E-state index contributed by atoms with van der Waals surface area (Å²) < 4.78 is 0. The average molecular weight is 320 g/mol. The van der Waals surface area contributed by atoms with Crippen LogP contribution in [0.4, 0.5) is 0 Å². The summed E-state index contributed by atoms with van der Waals surface area (Å²) in [4.78, 5) is 0. The van der Waals surface area contributed by atoms with Gasteiger partial charge in [-0.05, 0) is 51.0 Å². The fourth-order valence-electron chi connectivity index (χ4n) is 3.49. The lowest BCUT2D eigenvalue weighted by molar-refractivity contribution is 0.274. The molecule has 0 amide bonds. The molecule has 0 spiro atoms. The van der Waals surface area contributed by atoms with Gasteiger partial charge in [0.2, 0.25) is 0 Å². The number of unbranched alkanes of at least 4 members (excludes halogenated alkanes) is 1. The Morgan fingerprint density at radius 2 is 1.78 bits per heavy atom. The number of allylic oxidation sites excluding steroid dienone is 5. The van der Waals surface area contributed by atoms with Crippen LogP contribution in [0.15, 0.2) is 35.6 Å². The van der Waals surface area contributed by atoms with E-state index in [4.69, 9.17) is 0 Å². The van der Waals surface area contributed by atoms with Gasteiger partial charge in [0.15, 0.2) is 0 Å². The molecule has 0 saturated heterocycles. The molecular weight excluding hydrogens is 278 g/mol. The van der Waals surface area contributed by atoms with E-state index in [0.717, 1.165) is 18.9 Å². The van der Waals surface area contributed by atoms with Crippen LogP contribution in [0.25, 0.3) is 0 Å². The second-order valence-electron chi connectivity index (χ2n) is 7.03. The second-order valence-corrected chi connectivity index (χ2v) is 7.03. The second kappa shape index (κ2) is 12.4. The minimum atomic E-state index is 0.462. The van der Waals surface area contributed by atoms with Crippen LogP contribution in [0, 0.1) is 17.8 Å². The smallest absolute Gasteiger partial charge is 0.0141 e. The van der Waals surface area contributed by atoms with Crippen LogP contribution in [0.5, 0.6) is 0 Å². The summed E-state index contributed by atoms with van der Waals surface area (Å²) in [7, 11) is 0. The Morgan fingerprint density at radius 3 is 2.22 bits per heavy atom. The summed E-state index contributed by atoms with van der Waals surface area (Å²) in [6.45, 7) is 21.2. The molecule has 134 valence electrons. The Bertz CT molecular complexity index is 385. The first-order valence-electron chi connectivity index (χ1n) is 9.67. The van der Waals surface area contributed by atoms with Gasteiger partial charge in [-0.1, -0.05) is 71.3 Å². The predicted octanol–water partition coefficient (Wildman–Crippen LogP) is 6.88. The molecule has 0 aliphatic heterocycles. The third kappa shape index (κ3) is 7.42. The molecule has 0 aromatic carbocycles. The van der Waals surface area contributed by atoms with Crippen molar-refractivity contribution in [1.82, 2.24) is 5.32 Å². The van der Waals surface area contributed by atoms with Gasteiger partial charge < -0.3 is 5.32 Å². The van der Waals surface area contributed by atoms with Gasteiger partial charge in [0, 0.05) is 18.2 Å². The van der Waals surface area contributed by atoms with Crippen LogP contribution in [0.3, 0.4) is 0 Å². The highest BCUT2D eigenvalue weighted by atomic mass is 14.9. The van der Waals surface area contributed by atoms with E-state index in [1.807, 2.05) is 0 Å². The third-order valence-corrected chi connectivity index (χ3v) is 4.93. The van der Waals surface area contributed by atoms with E-state index < -0.39 is 0 Å². The van der Waals surface area contributed by atoms with Crippen molar-refractivity contribution in [2.75, 3.05) is 6.54 Å². The molecular formula is C22H41N. The van der Waals surface area contributed by atoms with E-state index in [1.165, 1.54) is 42.5 Å². The van der Waals surface area contributed by atoms with E-state index in [2.05, 4.69) is 72.5 Å². The summed E-state index contributed by atoms with van der Waals surface area (Å²) in [6.07, 6.45) is 10.8. The molecule has 0 aromatic heterocycles. The van der Waals surface area contributed by atoms with Crippen LogP contribution in [0.2, 0.25) is 0 Å². The summed E-state index contributed by atoms with van der Waals surface area (Å²) in [5, 5.41) is 3.54. The maximum absolute atomic E-state index is 4.35. The molecule has 0 bridgehead atoms. The molecule has 0 aliphatic carbocycles. The standard InChI is InChI=1S/C22H41N/c1-9-13-15-20(12-4)22(21(14-10-2)17(5)6)18(7)19(8)23-16-11-3/h10,14,18,20,22-23H,8-9,11-13,15-16H2,1-7H3/b14-10-. The summed E-state index contributed by atoms with van der Waals surface area (Å²) in [5.74, 6) is 1.75. The highest BCUT2D eigenvalue weighted by Gasteiger charge is 2.29. The van der Waals surface area contributed by atoms with Gasteiger partial charge in [0.1, 0.15) is 0 Å². The maximum Gasteiger partial charge on any atom is 0.0141 e. The van der Waals surface area contributed by atoms with Gasteiger partial charge in [0.05, 0.1) is 0 Å². The van der Waals surface area contributed by atoms with Crippen molar-refractivity contribution in [2.45, 2.75) is 80.6 Å². The molecule has 0 aromatic rings. The monoisotopic (exact) mass is 319 g/mol. The molecule has 1 heteroatoms. The molecule has 0 heterocycles. The average Bonchev–Trinajstić information content (AvgIpc) is 2.54. The number of rotatable bonds is 12. The molecule has 0 saturated carbocycles. The topological polar surface area (TPSA) is 12.0 Å². The zero-order chi connectivity index (χ0) is 17.8. The lowest BCUT2D eigenvalue weighted by Crippen LogP contribution is -2.30. The van der Waals surface area contributed by atoms with Crippen molar-refractivity contribution >= 4 is 0 Å². The van der Waals surface area contributed by atoms with E-state index in [1.54, 1.807) is 0 Å². The Hall–Kier alpha value is -0.980. The normalized spacial score (nSPS) is 15.3. The molecule has 1 nitrogen and oxygen atoms in total. The maximum atomic E-state index is 4.35. The largest absolute Gasteiger partial charge is 0.389 e. The van der Waals surface area contributed by atoms with E-state index in [0.29, 0.717) is 11.8 Å². The molecule has 0 aliphatic rings. The van der Waals surface area contributed by atoms with Crippen molar-refractivity contribution in [3.05, 3.63) is 35.6 Å². The molecule has 0 rings (SSSR count). The number of hydrogen-bond donors (Lipinski definition) is 1. The molecule has 23 heavy (non-hydrogen) atoms. The highest BCUT2D eigenvalue weighted by Crippen LogP contribution is 2.38. The number of nitrogens with one attached hydrogen (secondary N) is 1. The minimum Gasteiger partial charge on any atom is -0.389 e. The van der Waals surface area contributed by atoms with Crippen molar-refractivity contribution in [3.8, 4) is 0 Å². The highest BCUT2D eigenvalue weighted by molar-refractivity contribution is 5.29. The van der Waals surface area contributed by atoms with Crippen molar-refractivity contribution in [3.63, 3.8) is 0 Å². The first kappa shape index (κ1) is 22.0.